The molecule has 1 aliphatic heterocycles. The molecule has 0 bridgehead atoms. The molecule has 0 radical (unpaired) electrons. The number of aromatic nitrogens is 5. The van der Waals surface area contributed by atoms with Gasteiger partial charge in [-0.15, -0.1) is 10.2 Å². The number of nitrogens with zero attached hydrogens (tertiary/aromatic N) is 6. The summed E-state index contributed by atoms with van der Waals surface area (Å²) in [5.74, 6) is 2.05. The van der Waals surface area contributed by atoms with Crippen LogP contribution in [0.4, 0.5) is 10.5 Å². The van der Waals surface area contributed by atoms with E-state index in [2.05, 4.69) is 30.0 Å². The Bertz CT molecular complexity index is 738. The van der Waals surface area contributed by atoms with Gasteiger partial charge in [0.1, 0.15) is 18.0 Å². The SMILES string of the molecule is CCc1ncc(NC(=O)N2CCC[C@@H](c3nncn3C3CC3)C2)cn1. The van der Waals surface area contributed by atoms with Gasteiger partial charge in [0, 0.05) is 31.5 Å². The van der Waals surface area contributed by atoms with Crippen LogP contribution in [-0.4, -0.2) is 48.8 Å². The van der Waals surface area contributed by atoms with Crippen molar-refractivity contribution in [3.63, 3.8) is 0 Å². The van der Waals surface area contributed by atoms with Crippen LogP contribution in [0.3, 0.4) is 0 Å². The van der Waals surface area contributed by atoms with E-state index in [1.807, 2.05) is 18.2 Å². The standard InChI is InChI=1S/C17H23N7O/c1-2-15-18-8-13(9-19-15)21-17(25)23-7-3-4-12(10-23)16-22-20-11-24(16)14-5-6-14/h8-9,11-12,14H,2-7,10H2,1H3,(H,21,25)/t12-/m1/s1. The minimum absolute atomic E-state index is 0.102. The molecular weight excluding hydrogens is 318 g/mol. The molecule has 1 saturated heterocycles. The van der Waals surface area contributed by atoms with Crippen LogP contribution in [0.2, 0.25) is 0 Å². The quantitative estimate of drug-likeness (QED) is 0.922. The fourth-order valence-corrected chi connectivity index (χ4v) is 3.35. The highest BCUT2D eigenvalue weighted by Gasteiger charge is 2.32. The highest BCUT2D eigenvalue weighted by Crippen LogP contribution is 2.38. The first-order valence-electron chi connectivity index (χ1n) is 9.01. The number of carbonyl (C=O) groups excluding carboxylic acids is 1. The monoisotopic (exact) mass is 341 g/mol. The molecule has 25 heavy (non-hydrogen) atoms. The fourth-order valence-electron chi connectivity index (χ4n) is 3.35. The van der Waals surface area contributed by atoms with E-state index in [0.29, 0.717) is 18.3 Å². The number of hydrogen-bond acceptors (Lipinski definition) is 5. The van der Waals surface area contributed by atoms with E-state index in [9.17, 15) is 4.79 Å². The van der Waals surface area contributed by atoms with Crippen molar-refractivity contribution in [3.8, 4) is 0 Å². The Labute approximate surface area is 146 Å². The summed E-state index contributed by atoms with van der Waals surface area (Å²) in [6, 6.07) is 0.457. The van der Waals surface area contributed by atoms with Gasteiger partial charge in [0.15, 0.2) is 0 Å². The summed E-state index contributed by atoms with van der Waals surface area (Å²) in [6.07, 6.45) is 10.4. The first kappa shape index (κ1) is 16.0. The van der Waals surface area contributed by atoms with Crippen molar-refractivity contribution in [1.29, 1.82) is 0 Å². The lowest BCUT2D eigenvalue weighted by molar-refractivity contribution is 0.190. The van der Waals surface area contributed by atoms with E-state index in [1.165, 1.54) is 12.8 Å². The van der Waals surface area contributed by atoms with Gasteiger partial charge < -0.3 is 14.8 Å². The van der Waals surface area contributed by atoms with Gasteiger partial charge in [-0.2, -0.15) is 0 Å². The third kappa shape index (κ3) is 3.47. The van der Waals surface area contributed by atoms with Gasteiger partial charge in [0.2, 0.25) is 0 Å². The number of rotatable bonds is 4. The third-order valence-electron chi connectivity index (χ3n) is 4.89. The molecule has 8 heteroatoms. The number of anilines is 1. The number of piperidine rings is 1. The number of aryl methyl sites for hydroxylation is 1. The Morgan fingerprint density at radius 3 is 2.80 bits per heavy atom. The average Bonchev–Trinajstić information content (AvgIpc) is 3.39. The number of hydrogen-bond donors (Lipinski definition) is 1. The second kappa shape index (κ2) is 6.78. The Balaban J connectivity index is 1.41. The Kier molecular flexibility index (Phi) is 4.33. The number of amides is 2. The number of likely N-dealkylation sites (tertiary alicyclic amines) is 1. The largest absolute Gasteiger partial charge is 0.324 e. The van der Waals surface area contributed by atoms with Crippen molar-refractivity contribution >= 4 is 11.7 Å². The van der Waals surface area contributed by atoms with Gasteiger partial charge in [0.25, 0.3) is 0 Å². The minimum atomic E-state index is -0.102. The molecule has 0 aromatic carbocycles. The lowest BCUT2D eigenvalue weighted by Gasteiger charge is -2.32. The Morgan fingerprint density at radius 2 is 2.08 bits per heavy atom. The third-order valence-corrected chi connectivity index (χ3v) is 4.89. The average molecular weight is 341 g/mol. The second-order valence-electron chi connectivity index (χ2n) is 6.78. The summed E-state index contributed by atoms with van der Waals surface area (Å²) in [5.41, 5.74) is 0.630. The maximum absolute atomic E-state index is 12.6. The minimum Gasteiger partial charge on any atom is -0.324 e. The van der Waals surface area contributed by atoms with E-state index in [0.717, 1.165) is 37.5 Å². The topological polar surface area (TPSA) is 88.8 Å². The summed E-state index contributed by atoms with van der Waals surface area (Å²) in [6.45, 7) is 3.43. The number of carbonyl (C=O) groups is 1. The molecular formula is C17H23N7O. The lowest BCUT2D eigenvalue weighted by Crippen LogP contribution is -2.42. The van der Waals surface area contributed by atoms with E-state index in [-0.39, 0.29) is 11.9 Å². The molecule has 2 aromatic rings. The van der Waals surface area contributed by atoms with Gasteiger partial charge in [0.05, 0.1) is 18.1 Å². The summed E-state index contributed by atoms with van der Waals surface area (Å²) in [7, 11) is 0. The summed E-state index contributed by atoms with van der Waals surface area (Å²) < 4.78 is 2.20. The number of nitrogens with one attached hydrogen (secondary N) is 1. The molecule has 3 heterocycles. The molecule has 1 aliphatic carbocycles. The van der Waals surface area contributed by atoms with Crippen molar-refractivity contribution < 1.29 is 4.79 Å². The van der Waals surface area contributed by atoms with Crippen molar-refractivity contribution in [2.75, 3.05) is 18.4 Å². The highest BCUT2D eigenvalue weighted by molar-refractivity contribution is 5.89. The highest BCUT2D eigenvalue weighted by atomic mass is 16.2. The van der Waals surface area contributed by atoms with Crippen molar-refractivity contribution in [1.82, 2.24) is 29.6 Å². The van der Waals surface area contributed by atoms with Gasteiger partial charge in [-0.3, -0.25) is 0 Å². The molecule has 2 amide bonds. The Morgan fingerprint density at radius 1 is 1.28 bits per heavy atom. The maximum Gasteiger partial charge on any atom is 0.321 e. The van der Waals surface area contributed by atoms with E-state index < -0.39 is 0 Å². The van der Waals surface area contributed by atoms with Crippen LogP contribution in [0.1, 0.15) is 56.2 Å². The van der Waals surface area contributed by atoms with Crippen LogP contribution < -0.4 is 5.32 Å². The van der Waals surface area contributed by atoms with Gasteiger partial charge in [-0.05, 0) is 25.7 Å². The van der Waals surface area contributed by atoms with Crippen LogP contribution in [-0.2, 0) is 6.42 Å². The first-order chi connectivity index (χ1) is 12.2. The Hall–Kier alpha value is -2.51. The summed E-state index contributed by atoms with van der Waals surface area (Å²) in [4.78, 5) is 22.9. The smallest absolute Gasteiger partial charge is 0.321 e. The lowest BCUT2D eigenvalue weighted by atomic mass is 9.97. The number of urea groups is 1. The molecule has 8 nitrogen and oxygen atoms in total. The van der Waals surface area contributed by atoms with Crippen molar-refractivity contribution in [3.05, 3.63) is 30.4 Å². The molecule has 0 spiro atoms. The van der Waals surface area contributed by atoms with E-state index >= 15 is 0 Å². The molecule has 2 fully saturated rings. The molecule has 1 atom stereocenters. The van der Waals surface area contributed by atoms with Crippen molar-refractivity contribution in [2.24, 2.45) is 0 Å². The molecule has 1 saturated carbocycles. The summed E-state index contributed by atoms with van der Waals surface area (Å²) in [5, 5.41) is 11.3. The normalized spacial score (nSPS) is 20.5. The van der Waals surface area contributed by atoms with Crippen LogP contribution in [0, 0.1) is 0 Å². The van der Waals surface area contributed by atoms with Gasteiger partial charge >= 0.3 is 6.03 Å². The van der Waals surface area contributed by atoms with Gasteiger partial charge in [-0.25, -0.2) is 14.8 Å². The zero-order valence-electron chi connectivity index (χ0n) is 14.4. The van der Waals surface area contributed by atoms with E-state index in [4.69, 9.17) is 0 Å². The van der Waals surface area contributed by atoms with Crippen LogP contribution >= 0.6 is 0 Å². The van der Waals surface area contributed by atoms with Gasteiger partial charge in [-0.1, -0.05) is 6.92 Å². The zero-order chi connectivity index (χ0) is 17.2. The molecule has 2 aromatic heterocycles. The van der Waals surface area contributed by atoms with Crippen LogP contribution in [0.15, 0.2) is 18.7 Å². The predicted octanol–water partition coefficient (Wildman–Crippen LogP) is 2.38. The second-order valence-corrected chi connectivity index (χ2v) is 6.78. The van der Waals surface area contributed by atoms with Crippen LogP contribution in [0.25, 0.3) is 0 Å². The first-order valence-corrected chi connectivity index (χ1v) is 9.01. The molecule has 1 N–H and O–H groups in total. The molecule has 0 unspecified atom stereocenters. The predicted molar refractivity (Wildman–Crippen MR) is 92.3 cm³/mol. The maximum atomic E-state index is 12.6. The molecule has 2 aliphatic rings. The summed E-state index contributed by atoms with van der Waals surface area (Å²) >= 11 is 0. The van der Waals surface area contributed by atoms with Crippen LogP contribution in [0.5, 0.6) is 0 Å². The molecule has 4 rings (SSSR count). The zero-order valence-corrected chi connectivity index (χ0v) is 14.4. The van der Waals surface area contributed by atoms with Crippen molar-refractivity contribution in [2.45, 2.75) is 51.0 Å². The van der Waals surface area contributed by atoms with E-state index in [1.54, 1.807) is 12.4 Å². The fraction of sp³-hybridized carbons (Fsp3) is 0.588. The molecule has 132 valence electrons.